The van der Waals surface area contributed by atoms with Crippen molar-refractivity contribution < 1.29 is 14.3 Å². The van der Waals surface area contributed by atoms with Gasteiger partial charge in [-0.25, -0.2) is 0 Å². The topological polar surface area (TPSA) is 75.1 Å². The van der Waals surface area contributed by atoms with Crippen LogP contribution in [0.1, 0.15) is 21.6 Å². The highest BCUT2D eigenvalue weighted by molar-refractivity contribution is 6.20. The molecule has 0 aliphatic heterocycles. The minimum atomic E-state index is -0.319. The quantitative estimate of drug-likeness (QED) is 0.425. The monoisotopic (exact) mass is 346 g/mol. The largest absolute Gasteiger partial charge is 0.497 e. The number of fused-ring (bicyclic) bond motifs is 1. The van der Waals surface area contributed by atoms with Crippen LogP contribution < -0.4 is 9.47 Å². The van der Waals surface area contributed by atoms with Gasteiger partial charge in [0.25, 0.3) is 0 Å². The first-order valence-electron chi connectivity index (χ1n) is 8.05. The molecule has 0 bridgehead atoms. The minimum Gasteiger partial charge on any atom is -0.497 e. The number of Topliss-reactive ketones (excluding diaryl/α,β-unsaturated/α-hetero) is 1. The lowest BCUT2D eigenvalue weighted by Gasteiger charge is -2.08. The Kier molecular flexibility index (Phi) is 4.76. The predicted octanol–water partition coefficient (Wildman–Crippen LogP) is 4.28. The van der Waals surface area contributed by atoms with Crippen LogP contribution in [0.5, 0.6) is 11.5 Å². The Morgan fingerprint density at radius 2 is 1.92 bits per heavy atom. The number of carbonyl (C=O) groups is 1. The van der Waals surface area contributed by atoms with Crippen LogP contribution in [0.15, 0.2) is 48.0 Å². The number of H-pyrrole nitrogens is 1. The Hall–Kier alpha value is -3.52. The summed E-state index contributed by atoms with van der Waals surface area (Å²) in [6, 6.07) is 14.8. The molecule has 1 heterocycles. The minimum absolute atomic E-state index is 0.0429. The van der Waals surface area contributed by atoms with Crippen LogP contribution in [0.4, 0.5) is 0 Å². The maximum atomic E-state index is 13.0. The van der Waals surface area contributed by atoms with Gasteiger partial charge in [-0.2, -0.15) is 5.26 Å². The number of nitriles is 1. The highest BCUT2D eigenvalue weighted by Crippen LogP contribution is 2.29. The van der Waals surface area contributed by atoms with Gasteiger partial charge in [0.1, 0.15) is 23.1 Å². The summed E-state index contributed by atoms with van der Waals surface area (Å²) in [5.41, 5.74) is 2.80. The van der Waals surface area contributed by atoms with E-state index in [0.717, 1.165) is 16.6 Å². The van der Waals surface area contributed by atoms with Gasteiger partial charge in [0.2, 0.25) is 5.78 Å². The van der Waals surface area contributed by atoms with E-state index in [2.05, 4.69) is 4.98 Å². The molecule has 0 radical (unpaired) electrons. The number of ether oxygens (including phenoxy) is 2. The lowest BCUT2D eigenvalue weighted by Crippen LogP contribution is -2.03. The van der Waals surface area contributed by atoms with Gasteiger partial charge in [-0.3, -0.25) is 4.79 Å². The molecule has 3 aromatic rings. The number of rotatable bonds is 5. The standard InChI is InChI=1S/C21H18N2O3/c1-13-20(17-6-4-5-7-18(17)23-13)21(24)15(12-22)10-14-8-9-16(25-2)11-19(14)26-3/h4-11,23H,1-3H3/b15-10+. The fourth-order valence-electron chi connectivity index (χ4n) is 2.95. The fourth-order valence-corrected chi connectivity index (χ4v) is 2.95. The zero-order valence-corrected chi connectivity index (χ0v) is 14.8. The van der Waals surface area contributed by atoms with Crippen molar-refractivity contribution in [2.75, 3.05) is 14.2 Å². The Morgan fingerprint density at radius 3 is 2.62 bits per heavy atom. The predicted molar refractivity (Wildman–Crippen MR) is 101 cm³/mol. The Bertz CT molecular complexity index is 1050. The SMILES string of the molecule is COc1ccc(/C=C(\C#N)C(=O)c2c(C)[nH]c3ccccc23)c(OC)c1. The molecule has 1 aromatic heterocycles. The van der Waals surface area contributed by atoms with E-state index in [4.69, 9.17) is 9.47 Å². The zero-order valence-electron chi connectivity index (χ0n) is 14.8. The summed E-state index contributed by atoms with van der Waals surface area (Å²) in [7, 11) is 3.10. The number of nitrogens with one attached hydrogen (secondary N) is 1. The van der Waals surface area contributed by atoms with Crippen LogP contribution in [0, 0.1) is 18.3 Å². The van der Waals surface area contributed by atoms with E-state index in [-0.39, 0.29) is 11.4 Å². The van der Waals surface area contributed by atoms with Gasteiger partial charge >= 0.3 is 0 Å². The molecule has 5 heteroatoms. The number of aryl methyl sites for hydroxylation is 1. The molecule has 0 aliphatic rings. The highest BCUT2D eigenvalue weighted by Gasteiger charge is 2.20. The molecule has 3 rings (SSSR count). The Balaban J connectivity index is 2.09. The van der Waals surface area contributed by atoms with Crippen molar-refractivity contribution in [2.45, 2.75) is 6.92 Å². The van der Waals surface area contributed by atoms with Crippen molar-refractivity contribution in [1.82, 2.24) is 4.98 Å². The molecular weight excluding hydrogens is 328 g/mol. The van der Waals surface area contributed by atoms with Crippen molar-refractivity contribution >= 4 is 22.8 Å². The first-order chi connectivity index (χ1) is 12.6. The van der Waals surface area contributed by atoms with E-state index in [1.165, 1.54) is 7.11 Å². The summed E-state index contributed by atoms with van der Waals surface area (Å²) in [5, 5.41) is 10.4. The van der Waals surface area contributed by atoms with Crippen LogP contribution in [-0.2, 0) is 0 Å². The van der Waals surface area contributed by atoms with Gasteiger partial charge in [0, 0.05) is 28.2 Å². The lowest BCUT2D eigenvalue weighted by atomic mass is 9.99. The number of hydrogen-bond donors (Lipinski definition) is 1. The number of aromatic amines is 1. The first kappa shape index (κ1) is 17.3. The number of carbonyl (C=O) groups excluding carboxylic acids is 1. The third-order valence-corrected chi connectivity index (χ3v) is 4.23. The summed E-state index contributed by atoms with van der Waals surface area (Å²) < 4.78 is 10.5. The number of hydrogen-bond acceptors (Lipinski definition) is 4. The molecule has 0 unspecified atom stereocenters. The van der Waals surface area contributed by atoms with Gasteiger partial charge in [-0.05, 0) is 31.2 Å². The molecule has 0 saturated heterocycles. The second-order valence-electron chi connectivity index (χ2n) is 5.78. The van der Waals surface area contributed by atoms with Gasteiger partial charge in [0.05, 0.1) is 19.8 Å². The van der Waals surface area contributed by atoms with Gasteiger partial charge in [-0.15, -0.1) is 0 Å². The van der Waals surface area contributed by atoms with Crippen molar-refractivity contribution in [2.24, 2.45) is 0 Å². The van der Waals surface area contributed by atoms with Gasteiger partial charge in [0.15, 0.2) is 0 Å². The molecule has 26 heavy (non-hydrogen) atoms. The third-order valence-electron chi connectivity index (χ3n) is 4.23. The molecule has 0 fully saturated rings. The van der Waals surface area contributed by atoms with E-state index in [1.807, 2.05) is 37.3 Å². The number of nitrogens with zero attached hydrogens (tertiary/aromatic N) is 1. The van der Waals surface area contributed by atoms with E-state index < -0.39 is 0 Å². The van der Waals surface area contributed by atoms with E-state index in [9.17, 15) is 10.1 Å². The van der Waals surface area contributed by atoms with Crippen molar-refractivity contribution in [3.63, 3.8) is 0 Å². The number of aromatic nitrogens is 1. The molecule has 130 valence electrons. The number of para-hydroxylation sites is 1. The highest BCUT2D eigenvalue weighted by atomic mass is 16.5. The Labute approximate surface area is 151 Å². The molecule has 0 amide bonds. The molecule has 2 aromatic carbocycles. The number of allylic oxidation sites excluding steroid dienone is 1. The molecular formula is C21H18N2O3. The summed E-state index contributed by atoms with van der Waals surface area (Å²) in [5.74, 6) is 0.845. The average Bonchev–Trinajstić information content (AvgIpc) is 3.01. The molecule has 0 atom stereocenters. The van der Waals surface area contributed by atoms with E-state index in [1.54, 1.807) is 31.4 Å². The molecule has 0 saturated carbocycles. The first-order valence-corrected chi connectivity index (χ1v) is 8.05. The zero-order chi connectivity index (χ0) is 18.7. The number of ketones is 1. The summed E-state index contributed by atoms with van der Waals surface area (Å²) in [4.78, 5) is 16.2. The number of benzene rings is 2. The smallest absolute Gasteiger partial charge is 0.205 e. The molecule has 0 spiro atoms. The van der Waals surface area contributed by atoms with Crippen LogP contribution in [0.2, 0.25) is 0 Å². The fraction of sp³-hybridized carbons (Fsp3) is 0.143. The molecule has 0 aliphatic carbocycles. The van der Waals surface area contributed by atoms with E-state index in [0.29, 0.717) is 22.6 Å². The van der Waals surface area contributed by atoms with Crippen molar-refractivity contribution in [1.29, 1.82) is 5.26 Å². The second-order valence-corrected chi connectivity index (χ2v) is 5.78. The normalized spacial score (nSPS) is 11.2. The number of methoxy groups -OCH3 is 2. The molecule has 5 nitrogen and oxygen atoms in total. The summed E-state index contributed by atoms with van der Waals surface area (Å²) in [6.45, 7) is 1.83. The summed E-state index contributed by atoms with van der Waals surface area (Å²) in [6.07, 6.45) is 1.54. The van der Waals surface area contributed by atoms with E-state index >= 15 is 0 Å². The van der Waals surface area contributed by atoms with Gasteiger partial charge < -0.3 is 14.5 Å². The van der Waals surface area contributed by atoms with Crippen LogP contribution in [0.3, 0.4) is 0 Å². The maximum Gasteiger partial charge on any atom is 0.205 e. The van der Waals surface area contributed by atoms with Crippen LogP contribution in [0.25, 0.3) is 17.0 Å². The summed E-state index contributed by atoms with van der Waals surface area (Å²) >= 11 is 0. The van der Waals surface area contributed by atoms with Crippen molar-refractivity contribution in [3.05, 3.63) is 64.9 Å². The van der Waals surface area contributed by atoms with Crippen LogP contribution in [-0.4, -0.2) is 25.0 Å². The Morgan fingerprint density at radius 1 is 1.15 bits per heavy atom. The van der Waals surface area contributed by atoms with Crippen molar-refractivity contribution in [3.8, 4) is 17.6 Å². The lowest BCUT2D eigenvalue weighted by molar-refractivity contribution is 0.104. The third kappa shape index (κ3) is 3.05. The second kappa shape index (κ2) is 7.16. The van der Waals surface area contributed by atoms with Gasteiger partial charge in [-0.1, -0.05) is 18.2 Å². The average molecular weight is 346 g/mol. The maximum absolute atomic E-state index is 13.0. The molecule has 1 N–H and O–H groups in total. The van der Waals surface area contributed by atoms with Crippen LogP contribution >= 0.6 is 0 Å².